The molecule has 1 aliphatic carbocycles. The van der Waals surface area contributed by atoms with Crippen molar-refractivity contribution in [3.8, 4) is 0 Å². The number of aryl methyl sites for hydroxylation is 1. The van der Waals surface area contributed by atoms with Crippen LogP contribution >= 0.6 is 0 Å². The van der Waals surface area contributed by atoms with E-state index in [-0.39, 0.29) is 0 Å². The van der Waals surface area contributed by atoms with E-state index in [0.29, 0.717) is 12.6 Å². The summed E-state index contributed by atoms with van der Waals surface area (Å²) in [6, 6.07) is 8.91. The molecule has 1 unspecified atom stereocenters. The number of piperidine rings is 1. The van der Waals surface area contributed by atoms with Gasteiger partial charge in [-0.15, -0.1) is 0 Å². The summed E-state index contributed by atoms with van der Waals surface area (Å²) in [5.74, 6) is 0.750. The van der Waals surface area contributed by atoms with Gasteiger partial charge in [0.15, 0.2) is 0 Å². The van der Waals surface area contributed by atoms with Gasteiger partial charge in [0.05, 0.1) is 0 Å². The predicted molar refractivity (Wildman–Crippen MR) is 91.0 cm³/mol. The third-order valence-electron chi connectivity index (χ3n) is 5.22. The number of hydrogen-bond donors (Lipinski definition) is 2. The Labute approximate surface area is 134 Å². The van der Waals surface area contributed by atoms with Gasteiger partial charge in [0.25, 0.3) is 0 Å². The number of benzene rings is 1. The van der Waals surface area contributed by atoms with Gasteiger partial charge in [-0.05, 0) is 55.8 Å². The van der Waals surface area contributed by atoms with Gasteiger partial charge in [-0.25, -0.2) is 0 Å². The Balaban J connectivity index is 1.50. The lowest BCUT2D eigenvalue weighted by Gasteiger charge is -2.35. The van der Waals surface area contributed by atoms with E-state index in [1.54, 1.807) is 0 Å². The predicted octanol–water partition coefficient (Wildman–Crippen LogP) is 2.53. The quantitative estimate of drug-likeness (QED) is 0.877. The maximum atomic E-state index is 11.0. The zero-order valence-corrected chi connectivity index (χ0v) is 14.0. The van der Waals surface area contributed by atoms with Gasteiger partial charge in [-0.1, -0.05) is 38.1 Å². The van der Waals surface area contributed by atoms with Gasteiger partial charge in [-0.2, -0.15) is 0 Å². The fourth-order valence-electron chi connectivity index (χ4n) is 4.00. The Kier molecular flexibility index (Phi) is 4.86. The lowest BCUT2D eigenvalue weighted by Crippen LogP contribution is -2.47. The molecule has 0 amide bonds. The van der Waals surface area contributed by atoms with Crippen LogP contribution in [0.3, 0.4) is 0 Å². The van der Waals surface area contributed by atoms with E-state index in [2.05, 4.69) is 42.3 Å². The summed E-state index contributed by atoms with van der Waals surface area (Å²) in [5.41, 5.74) is 1.80. The van der Waals surface area contributed by atoms with Gasteiger partial charge in [0, 0.05) is 19.1 Å². The third kappa shape index (κ3) is 3.53. The van der Waals surface area contributed by atoms with Crippen LogP contribution in [0.5, 0.6) is 0 Å². The SMILES string of the molecule is CC(C)CN1CCC(NCC2(O)CCc3ccccc32)CC1. The van der Waals surface area contributed by atoms with Gasteiger partial charge < -0.3 is 15.3 Å². The molecule has 3 nitrogen and oxygen atoms in total. The van der Waals surface area contributed by atoms with E-state index in [0.717, 1.165) is 24.3 Å². The number of hydrogen-bond acceptors (Lipinski definition) is 3. The van der Waals surface area contributed by atoms with E-state index < -0.39 is 5.60 Å². The van der Waals surface area contributed by atoms with Gasteiger partial charge in [-0.3, -0.25) is 0 Å². The van der Waals surface area contributed by atoms with Crippen LogP contribution in [-0.4, -0.2) is 42.2 Å². The molecular formula is C19H30N2O. The van der Waals surface area contributed by atoms with E-state index >= 15 is 0 Å². The summed E-state index contributed by atoms with van der Waals surface area (Å²) in [6.07, 6.45) is 4.25. The second-order valence-corrected chi connectivity index (χ2v) is 7.54. The first-order valence-electron chi connectivity index (χ1n) is 8.83. The maximum Gasteiger partial charge on any atom is 0.103 e. The third-order valence-corrected chi connectivity index (χ3v) is 5.22. The topological polar surface area (TPSA) is 35.5 Å². The average molecular weight is 302 g/mol. The molecule has 1 aromatic carbocycles. The summed E-state index contributed by atoms with van der Waals surface area (Å²) < 4.78 is 0. The molecule has 1 aromatic rings. The molecule has 122 valence electrons. The lowest BCUT2D eigenvalue weighted by molar-refractivity contribution is 0.0327. The van der Waals surface area contributed by atoms with Gasteiger partial charge in [0.2, 0.25) is 0 Å². The van der Waals surface area contributed by atoms with Crippen molar-refractivity contribution in [1.29, 1.82) is 0 Å². The molecule has 1 fully saturated rings. The van der Waals surface area contributed by atoms with E-state index in [4.69, 9.17) is 0 Å². The first-order valence-corrected chi connectivity index (χ1v) is 8.83. The molecule has 0 saturated carbocycles. The molecule has 1 atom stereocenters. The van der Waals surface area contributed by atoms with Crippen LogP contribution in [0.2, 0.25) is 0 Å². The summed E-state index contributed by atoms with van der Waals surface area (Å²) in [4.78, 5) is 2.57. The number of likely N-dealkylation sites (tertiary alicyclic amines) is 1. The monoisotopic (exact) mass is 302 g/mol. The smallest absolute Gasteiger partial charge is 0.103 e. The molecule has 2 N–H and O–H groups in total. The largest absolute Gasteiger partial charge is 0.384 e. The van der Waals surface area contributed by atoms with Crippen LogP contribution in [-0.2, 0) is 12.0 Å². The highest BCUT2D eigenvalue weighted by molar-refractivity contribution is 5.37. The number of nitrogens with zero attached hydrogens (tertiary/aromatic N) is 1. The molecule has 0 aromatic heterocycles. The Morgan fingerprint density at radius 1 is 1.27 bits per heavy atom. The molecule has 0 radical (unpaired) electrons. The van der Waals surface area contributed by atoms with Gasteiger partial charge >= 0.3 is 0 Å². The Bertz CT molecular complexity index is 494. The Morgan fingerprint density at radius 2 is 2.00 bits per heavy atom. The van der Waals surface area contributed by atoms with Crippen LogP contribution in [0.1, 0.15) is 44.2 Å². The summed E-state index contributed by atoms with van der Waals surface area (Å²) in [7, 11) is 0. The molecule has 2 aliphatic rings. The van der Waals surface area contributed by atoms with Crippen LogP contribution in [0.4, 0.5) is 0 Å². The molecule has 3 heteroatoms. The summed E-state index contributed by atoms with van der Waals surface area (Å²) in [5, 5.41) is 14.6. The normalized spacial score (nSPS) is 26.5. The first kappa shape index (κ1) is 16.0. The molecule has 0 spiro atoms. The fraction of sp³-hybridized carbons (Fsp3) is 0.684. The zero-order valence-electron chi connectivity index (χ0n) is 14.0. The highest BCUT2D eigenvalue weighted by Gasteiger charge is 2.36. The number of fused-ring (bicyclic) bond motifs is 1. The standard InChI is InChI=1S/C19H30N2O/c1-15(2)13-21-11-8-17(9-12-21)20-14-19(22)10-7-16-5-3-4-6-18(16)19/h3-6,15,17,20,22H,7-14H2,1-2H3. The fourth-order valence-corrected chi connectivity index (χ4v) is 4.00. The van der Waals surface area contributed by atoms with E-state index in [9.17, 15) is 5.11 Å². The minimum atomic E-state index is -0.661. The second-order valence-electron chi connectivity index (χ2n) is 7.54. The van der Waals surface area contributed by atoms with E-state index in [1.165, 1.54) is 38.0 Å². The highest BCUT2D eigenvalue weighted by atomic mass is 16.3. The Hall–Kier alpha value is -0.900. The van der Waals surface area contributed by atoms with Crippen molar-refractivity contribution in [1.82, 2.24) is 10.2 Å². The minimum Gasteiger partial charge on any atom is -0.384 e. The van der Waals surface area contributed by atoms with Crippen molar-refractivity contribution in [2.24, 2.45) is 5.92 Å². The van der Waals surface area contributed by atoms with Crippen molar-refractivity contribution < 1.29 is 5.11 Å². The highest BCUT2D eigenvalue weighted by Crippen LogP contribution is 2.36. The van der Waals surface area contributed by atoms with Crippen LogP contribution in [0.15, 0.2) is 24.3 Å². The lowest BCUT2D eigenvalue weighted by atomic mass is 9.94. The second kappa shape index (κ2) is 6.69. The van der Waals surface area contributed by atoms with Crippen molar-refractivity contribution in [2.75, 3.05) is 26.2 Å². The number of aliphatic hydroxyl groups is 1. The first-order chi connectivity index (χ1) is 10.6. The average Bonchev–Trinajstić information content (AvgIpc) is 2.85. The summed E-state index contributed by atoms with van der Waals surface area (Å²) >= 11 is 0. The van der Waals surface area contributed by atoms with Crippen molar-refractivity contribution in [3.05, 3.63) is 35.4 Å². The molecule has 1 saturated heterocycles. The van der Waals surface area contributed by atoms with E-state index in [1.807, 2.05) is 6.07 Å². The molecule has 1 heterocycles. The number of rotatable bonds is 5. The molecule has 0 bridgehead atoms. The van der Waals surface area contributed by atoms with Crippen LogP contribution in [0.25, 0.3) is 0 Å². The van der Waals surface area contributed by atoms with Crippen LogP contribution in [0, 0.1) is 5.92 Å². The molecule has 3 rings (SSSR count). The molecular weight excluding hydrogens is 272 g/mol. The molecule has 22 heavy (non-hydrogen) atoms. The van der Waals surface area contributed by atoms with Crippen molar-refractivity contribution in [3.63, 3.8) is 0 Å². The van der Waals surface area contributed by atoms with Crippen molar-refractivity contribution >= 4 is 0 Å². The minimum absolute atomic E-state index is 0.556. The van der Waals surface area contributed by atoms with Gasteiger partial charge in [0.1, 0.15) is 5.60 Å². The molecule has 1 aliphatic heterocycles. The van der Waals surface area contributed by atoms with Crippen molar-refractivity contribution in [2.45, 2.75) is 51.2 Å². The zero-order chi connectivity index (χ0) is 15.6. The number of nitrogens with one attached hydrogen (secondary N) is 1. The summed E-state index contributed by atoms with van der Waals surface area (Å²) in [6.45, 7) is 8.85. The Morgan fingerprint density at radius 3 is 2.73 bits per heavy atom. The maximum absolute atomic E-state index is 11.0. The van der Waals surface area contributed by atoms with Crippen LogP contribution < -0.4 is 5.32 Å².